The van der Waals surface area contributed by atoms with E-state index in [2.05, 4.69) is 15.6 Å². The van der Waals surface area contributed by atoms with Crippen LogP contribution in [0.2, 0.25) is 0 Å². The number of alkyl halides is 3. The third kappa shape index (κ3) is 9.00. The van der Waals surface area contributed by atoms with Crippen molar-refractivity contribution in [2.45, 2.75) is 63.6 Å². The number of thiazole rings is 1. The number of rotatable bonds is 13. The van der Waals surface area contributed by atoms with Gasteiger partial charge in [0.25, 0.3) is 11.8 Å². The summed E-state index contributed by atoms with van der Waals surface area (Å²) in [5.41, 5.74) is 2.06. The van der Waals surface area contributed by atoms with Gasteiger partial charge in [-0.2, -0.15) is 13.2 Å². The van der Waals surface area contributed by atoms with E-state index in [9.17, 15) is 27.9 Å². The first-order valence-electron chi connectivity index (χ1n) is 14.8. The van der Waals surface area contributed by atoms with Crippen molar-refractivity contribution in [3.05, 3.63) is 123 Å². The van der Waals surface area contributed by atoms with Crippen LogP contribution in [0, 0.1) is 6.92 Å². The van der Waals surface area contributed by atoms with Crippen LogP contribution >= 0.6 is 11.3 Å². The number of nitrogens with one attached hydrogen (secondary N) is 2. The predicted octanol–water partition coefficient (Wildman–Crippen LogP) is 5.77. The Morgan fingerprint density at radius 2 is 1.71 bits per heavy atom. The van der Waals surface area contributed by atoms with E-state index in [0.717, 1.165) is 36.2 Å². The minimum atomic E-state index is -4.46. The maximum Gasteiger partial charge on any atom is 0.416 e. The van der Waals surface area contributed by atoms with Crippen LogP contribution in [0.3, 0.4) is 0 Å². The average Bonchev–Trinajstić information content (AvgIpc) is 3.75. The summed E-state index contributed by atoms with van der Waals surface area (Å²) in [6.45, 7) is 2.09. The SMILES string of the molecule is Cc1csc(CN(C(=O)c2cccc(C(=O)NC3CC3)c2)[C@@H](Cc2ccccc2)[C@H](O)CNCc2cccc(C(F)(F)F)c2)n1. The zero-order chi connectivity index (χ0) is 32.0. The lowest BCUT2D eigenvalue weighted by Crippen LogP contribution is -2.51. The number of aliphatic hydroxyl groups excluding tert-OH is 1. The molecule has 1 aromatic heterocycles. The molecule has 0 radical (unpaired) electrons. The highest BCUT2D eigenvalue weighted by Crippen LogP contribution is 2.29. The molecule has 236 valence electrons. The molecular formula is C34H35F3N4O3S. The Hall–Kier alpha value is -4.06. The highest BCUT2D eigenvalue weighted by Gasteiger charge is 2.33. The van der Waals surface area contributed by atoms with Gasteiger partial charge in [0, 0.05) is 41.3 Å². The molecule has 0 aliphatic heterocycles. The van der Waals surface area contributed by atoms with E-state index in [1.54, 1.807) is 35.2 Å². The molecule has 2 amide bonds. The number of aromatic nitrogens is 1. The fourth-order valence-electron chi connectivity index (χ4n) is 5.08. The molecule has 5 rings (SSSR count). The zero-order valence-corrected chi connectivity index (χ0v) is 25.6. The van der Waals surface area contributed by atoms with Gasteiger partial charge in [-0.15, -0.1) is 11.3 Å². The summed E-state index contributed by atoms with van der Waals surface area (Å²) >= 11 is 1.41. The fourth-order valence-corrected chi connectivity index (χ4v) is 5.85. The van der Waals surface area contributed by atoms with Crippen LogP contribution in [0.5, 0.6) is 0 Å². The number of aliphatic hydroxyl groups is 1. The predicted molar refractivity (Wildman–Crippen MR) is 167 cm³/mol. The maximum atomic E-state index is 14.3. The van der Waals surface area contributed by atoms with E-state index >= 15 is 0 Å². The largest absolute Gasteiger partial charge is 0.416 e. The highest BCUT2D eigenvalue weighted by atomic mass is 32.1. The van der Waals surface area contributed by atoms with Crippen molar-refractivity contribution in [1.82, 2.24) is 20.5 Å². The molecule has 1 fully saturated rings. The van der Waals surface area contributed by atoms with Gasteiger partial charge in [0.1, 0.15) is 5.01 Å². The van der Waals surface area contributed by atoms with Gasteiger partial charge in [0.15, 0.2) is 0 Å². The number of carbonyl (C=O) groups excluding carboxylic acids is 2. The van der Waals surface area contributed by atoms with Crippen molar-refractivity contribution in [2.24, 2.45) is 0 Å². The Morgan fingerprint density at radius 1 is 1.00 bits per heavy atom. The quantitative estimate of drug-likeness (QED) is 0.173. The van der Waals surface area contributed by atoms with Crippen molar-refractivity contribution in [2.75, 3.05) is 6.54 Å². The van der Waals surface area contributed by atoms with E-state index in [4.69, 9.17) is 0 Å². The molecule has 1 aliphatic rings. The Kier molecular flexibility index (Phi) is 10.3. The third-order valence-corrected chi connectivity index (χ3v) is 8.54. The van der Waals surface area contributed by atoms with E-state index < -0.39 is 23.9 Å². The summed E-state index contributed by atoms with van der Waals surface area (Å²) in [5, 5.41) is 20.2. The summed E-state index contributed by atoms with van der Waals surface area (Å²) in [7, 11) is 0. The van der Waals surface area contributed by atoms with Crippen LogP contribution in [-0.2, 0) is 25.7 Å². The summed E-state index contributed by atoms with van der Waals surface area (Å²) in [5.74, 6) is -0.615. The second-order valence-electron chi connectivity index (χ2n) is 11.3. The van der Waals surface area contributed by atoms with Crippen LogP contribution in [0.15, 0.2) is 84.2 Å². The van der Waals surface area contributed by atoms with E-state index in [0.29, 0.717) is 28.1 Å². The number of nitrogens with zero attached hydrogens (tertiary/aromatic N) is 2. The lowest BCUT2D eigenvalue weighted by molar-refractivity contribution is -0.137. The van der Waals surface area contributed by atoms with Gasteiger partial charge < -0.3 is 20.6 Å². The number of halogens is 3. The molecule has 0 bridgehead atoms. The lowest BCUT2D eigenvalue weighted by atomic mass is 9.98. The van der Waals surface area contributed by atoms with Gasteiger partial charge in [-0.05, 0) is 61.6 Å². The van der Waals surface area contributed by atoms with Crippen molar-refractivity contribution < 1.29 is 27.9 Å². The molecule has 0 spiro atoms. The van der Waals surface area contributed by atoms with Crippen molar-refractivity contribution >= 4 is 23.2 Å². The molecule has 3 N–H and O–H groups in total. The standard InChI is InChI=1S/C34H35F3N4O3S/c1-22-21-45-31(39-22)20-41(33(44)26-11-6-10-25(17-26)32(43)40-28-13-14-28)29(16-23-7-3-2-4-8-23)30(42)19-38-18-24-9-5-12-27(15-24)34(35,36)37/h2-12,15,17,21,28-30,38,42H,13-14,16,18-20H2,1H3,(H,40,43)/t29-,30+/m0/s1. The van der Waals surface area contributed by atoms with Gasteiger partial charge in [0.05, 0.1) is 24.3 Å². The van der Waals surface area contributed by atoms with Gasteiger partial charge in [0.2, 0.25) is 0 Å². The zero-order valence-electron chi connectivity index (χ0n) is 24.8. The molecular weight excluding hydrogens is 601 g/mol. The number of carbonyl (C=O) groups is 2. The molecule has 1 aliphatic carbocycles. The van der Waals surface area contributed by atoms with Crippen molar-refractivity contribution in [3.63, 3.8) is 0 Å². The number of amides is 2. The van der Waals surface area contributed by atoms with E-state index in [-0.39, 0.29) is 37.5 Å². The van der Waals surface area contributed by atoms with Gasteiger partial charge in [-0.3, -0.25) is 9.59 Å². The van der Waals surface area contributed by atoms with Gasteiger partial charge >= 0.3 is 6.18 Å². The Bertz CT molecular complexity index is 1610. The minimum absolute atomic E-state index is 0.0122. The normalized spacial score (nSPS) is 14.5. The molecule has 2 atom stereocenters. The summed E-state index contributed by atoms with van der Waals surface area (Å²) in [6, 6.07) is 20.5. The van der Waals surface area contributed by atoms with Gasteiger partial charge in [-0.25, -0.2) is 4.98 Å². The number of hydrogen-bond acceptors (Lipinski definition) is 6. The average molecular weight is 637 g/mol. The molecule has 0 saturated heterocycles. The molecule has 45 heavy (non-hydrogen) atoms. The lowest BCUT2D eigenvalue weighted by Gasteiger charge is -2.35. The van der Waals surface area contributed by atoms with Crippen LogP contribution in [0.25, 0.3) is 0 Å². The Labute approximate surface area is 264 Å². The smallest absolute Gasteiger partial charge is 0.390 e. The third-order valence-electron chi connectivity index (χ3n) is 7.59. The summed E-state index contributed by atoms with van der Waals surface area (Å²) in [6.07, 6.45) is -3.37. The Balaban J connectivity index is 1.41. The molecule has 3 aromatic carbocycles. The van der Waals surface area contributed by atoms with Crippen LogP contribution < -0.4 is 10.6 Å². The molecule has 7 nitrogen and oxygen atoms in total. The first kappa shape index (κ1) is 32.3. The molecule has 1 heterocycles. The van der Waals surface area contributed by atoms with Crippen LogP contribution in [0.4, 0.5) is 13.2 Å². The van der Waals surface area contributed by atoms with Crippen LogP contribution in [-0.4, -0.2) is 51.5 Å². The summed E-state index contributed by atoms with van der Waals surface area (Å²) < 4.78 is 39.7. The fraction of sp³-hybridized carbons (Fsp3) is 0.324. The Morgan fingerprint density at radius 3 is 2.40 bits per heavy atom. The van der Waals surface area contributed by atoms with E-state index in [1.807, 2.05) is 42.6 Å². The van der Waals surface area contributed by atoms with Crippen LogP contribution in [0.1, 0.15) is 60.9 Å². The minimum Gasteiger partial charge on any atom is -0.390 e. The van der Waals surface area contributed by atoms with Crippen molar-refractivity contribution in [1.29, 1.82) is 0 Å². The highest BCUT2D eigenvalue weighted by molar-refractivity contribution is 7.09. The topological polar surface area (TPSA) is 94.6 Å². The molecule has 4 aromatic rings. The second kappa shape index (κ2) is 14.4. The second-order valence-corrected chi connectivity index (χ2v) is 12.2. The van der Waals surface area contributed by atoms with Crippen molar-refractivity contribution in [3.8, 4) is 0 Å². The first-order valence-corrected chi connectivity index (χ1v) is 15.7. The maximum absolute atomic E-state index is 14.3. The monoisotopic (exact) mass is 636 g/mol. The molecule has 0 unspecified atom stereocenters. The molecule has 11 heteroatoms. The number of benzene rings is 3. The first-order chi connectivity index (χ1) is 21.6. The number of aryl methyl sites for hydroxylation is 1. The molecule has 1 saturated carbocycles. The summed E-state index contributed by atoms with van der Waals surface area (Å²) in [4.78, 5) is 33.2. The number of hydrogen-bond donors (Lipinski definition) is 3. The van der Waals surface area contributed by atoms with Gasteiger partial charge in [-0.1, -0.05) is 54.6 Å². The van der Waals surface area contributed by atoms with E-state index in [1.165, 1.54) is 17.4 Å².